The van der Waals surface area contributed by atoms with Gasteiger partial charge in [-0.1, -0.05) is 6.08 Å². The van der Waals surface area contributed by atoms with Crippen LogP contribution in [0.3, 0.4) is 0 Å². The van der Waals surface area contributed by atoms with E-state index in [2.05, 4.69) is 0 Å². The monoisotopic (exact) mass is 515 g/mol. The standard InChI is InChI=1S/C28H37NO8/c1-18(30)29-23-8-6-19(31-12-10-21-16-33-27(2,3)36-21)14-25(23)35-26-15-20(7-9-24(26)29)32-13-11-22-17-34-28(4,5)37-22/h6-9,14-15,21-23,25H,10-13,16-17H2,1-5H3. The second-order valence-electron chi connectivity index (χ2n) is 10.7. The molecule has 9 nitrogen and oxygen atoms in total. The maximum atomic E-state index is 12.6. The zero-order valence-electron chi connectivity index (χ0n) is 22.2. The number of hydrogen-bond donors (Lipinski definition) is 0. The number of benzene rings is 1. The van der Waals surface area contributed by atoms with Crippen LogP contribution in [-0.4, -0.2) is 68.3 Å². The first-order valence-corrected chi connectivity index (χ1v) is 13.0. The molecule has 4 atom stereocenters. The maximum Gasteiger partial charge on any atom is 0.224 e. The molecule has 5 rings (SSSR count). The molecule has 0 radical (unpaired) electrons. The molecule has 0 bridgehead atoms. The lowest BCUT2D eigenvalue weighted by Crippen LogP contribution is -2.51. The molecule has 9 heteroatoms. The molecule has 4 aliphatic rings. The van der Waals surface area contributed by atoms with E-state index in [9.17, 15) is 4.79 Å². The van der Waals surface area contributed by atoms with Crippen LogP contribution in [0.2, 0.25) is 0 Å². The molecule has 4 unspecified atom stereocenters. The molecule has 0 spiro atoms. The van der Waals surface area contributed by atoms with Crippen LogP contribution in [0.25, 0.3) is 0 Å². The summed E-state index contributed by atoms with van der Waals surface area (Å²) in [6.07, 6.45) is 6.87. The lowest BCUT2D eigenvalue weighted by molar-refractivity contribution is -0.140. The van der Waals surface area contributed by atoms with Gasteiger partial charge in [-0.05, 0) is 45.9 Å². The van der Waals surface area contributed by atoms with Crippen LogP contribution >= 0.6 is 0 Å². The van der Waals surface area contributed by atoms with Gasteiger partial charge in [0.2, 0.25) is 5.91 Å². The van der Waals surface area contributed by atoms with Crippen molar-refractivity contribution in [3.8, 4) is 11.5 Å². The molecule has 1 aliphatic carbocycles. The van der Waals surface area contributed by atoms with Crippen molar-refractivity contribution in [2.45, 2.75) is 83.4 Å². The van der Waals surface area contributed by atoms with Crippen LogP contribution in [0, 0.1) is 0 Å². The SMILES string of the molecule is CC(=O)N1c2ccc(OCCC3COC(C)(C)O3)cc2OC2C=C(OCCC3COC(C)(C)O3)C=CC21. The van der Waals surface area contributed by atoms with Gasteiger partial charge in [-0.25, -0.2) is 0 Å². The molecule has 0 saturated carbocycles. The van der Waals surface area contributed by atoms with Gasteiger partial charge in [0.25, 0.3) is 0 Å². The lowest BCUT2D eigenvalue weighted by Gasteiger charge is -2.40. The van der Waals surface area contributed by atoms with E-state index in [4.69, 9.17) is 33.2 Å². The fraction of sp³-hybridized carbons (Fsp3) is 0.607. The molecular weight excluding hydrogens is 478 g/mol. The van der Waals surface area contributed by atoms with Crippen LogP contribution in [0.4, 0.5) is 5.69 Å². The summed E-state index contributed by atoms with van der Waals surface area (Å²) in [7, 11) is 0. The molecule has 3 heterocycles. The predicted molar refractivity (Wildman–Crippen MR) is 136 cm³/mol. The van der Waals surface area contributed by atoms with Crippen molar-refractivity contribution >= 4 is 11.6 Å². The Morgan fingerprint density at radius 3 is 2.24 bits per heavy atom. The quantitative estimate of drug-likeness (QED) is 0.512. The molecule has 2 saturated heterocycles. The van der Waals surface area contributed by atoms with Crippen LogP contribution in [0.5, 0.6) is 11.5 Å². The Hall–Kier alpha value is -2.59. The average molecular weight is 516 g/mol. The molecule has 0 aromatic heterocycles. The van der Waals surface area contributed by atoms with E-state index in [1.807, 2.05) is 64.1 Å². The largest absolute Gasteiger partial charge is 0.494 e. The highest BCUT2D eigenvalue weighted by atomic mass is 16.7. The number of anilines is 1. The minimum Gasteiger partial charge on any atom is -0.494 e. The Labute approximate surface area is 218 Å². The summed E-state index contributed by atoms with van der Waals surface area (Å²) in [4.78, 5) is 14.4. The van der Waals surface area contributed by atoms with Crippen LogP contribution in [-0.2, 0) is 28.5 Å². The second-order valence-corrected chi connectivity index (χ2v) is 10.7. The van der Waals surface area contributed by atoms with Crippen molar-refractivity contribution in [1.29, 1.82) is 0 Å². The molecule has 1 aromatic rings. The number of rotatable bonds is 8. The summed E-state index contributed by atoms with van der Waals surface area (Å²) in [5, 5.41) is 0. The van der Waals surface area contributed by atoms with Crippen molar-refractivity contribution in [2.75, 3.05) is 31.3 Å². The number of amides is 1. The fourth-order valence-corrected chi connectivity index (χ4v) is 5.04. The Balaban J connectivity index is 1.21. The molecule has 202 valence electrons. The highest BCUT2D eigenvalue weighted by Crippen LogP contribution is 2.41. The summed E-state index contributed by atoms with van der Waals surface area (Å²) >= 11 is 0. The van der Waals surface area contributed by atoms with E-state index in [-0.39, 0.29) is 30.3 Å². The van der Waals surface area contributed by atoms with E-state index in [0.29, 0.717) is 43.7 Å². The van der Waals surface area contributed by atoms with E-state index >= 15 is 0 Å². The summed E-state index contributed by atoms with van der Waals surface area (Å²) in [6, 6.07) is 5.32. The third kappa shape index (κ3) is 6.12. The number of ether oxygens (including phenoxy) is 7. The molecule has 1 amide bonds. The maximum absolute atomic E-state index is 12.6. The summed E-state index contributed by atoms with van der Waals surface area (Å²) in [5.74, 6) is 0.835. The van der Waals surface area contributed by atoms with E-state index < -0.39 is 11.6 Å². The van der Waals surface area contributed by atoms with E-state index in [0.717, 1.165) is 18.5 Å². The third-order valence-electron chi connectivity index (χ3n) is 6.77. The minimum atomic E-state index is -0.544. The predicted octanol–water partition coefficient (Wildman–Crippen LogP) is 4.10. The molecular formula is C28H37NO8. The van der Waals surface area contributed by atoms with Crippen molar-refractivity contribution in [3.05, 3.63) is 42.2 Å². The van der Waals surface area contributed by atoms with Crippen molar-refractivity contribution < 1.29 is 38.0 Å². The van der Waals surface area contributed by atoms with Crippen molar-refractivity contribution in [1.82, 2.24) is 0 Å². The highest BCUT2D eigenvalue weighted by molar-refractivity contribution is 5.95. The molecule has 0 N–H and O–H groups in total. The smallest absolute Gasteiger partial charge is 0.224 e. The van der Waals surface area contributed by atoms with E-state index in [1.165, 1.54) is 0 Å². The molecule has 2 fully saturated rings. The van der Waals surface area contributed by atoms with Gasteiger partial charge in [0.1, 0.15) is 23.4 Å². The third-order valence-corrected chi connectivity index (χ3v) is 6.77. The normalized spacial score (nSPS) is 29.2. The molecule has 3 aliphatic heterocycles. The van der Waals surface area contributed by atoms with Crippen LogP contribution in [0.1, 0.15) is 47.5 Å². The van der Waals surface area contributed by atoms with Crippen LogP contribution < -0.4 is 14.4 Å². The first-order chi connectivity index (χ1) is 17.6. The fourth-order valence-electron chi connectivity index (χ4n) is 5.04. The minimum absolute atomic E-state index is 0.00895. The lowest BCUT2D eigenvalue weighted by atomic mass is 9.99. The number of carbonyl (C=O) groups is 1. The average Bonchev–Trinajstić information content (AvgIpc) is 3.36. The highest BCUT2D eigenvalue weighted by Gasteiger charge is 2.38. The zero-order chi connectivity index (χ0) is 26.2. The van der Waals surface area contributed by atoms with Gasteiger partial charge in [-0.3, -0.25) is 9.69 Å². The van der Waals surface area contributed by atoms with Gasteiger partial charge < -0.3 is 33.2 Å². The number of nitrogens with zero attached hydrogens (tertiary/aromatic N) is 1. The van der Waals surface area contributed by atoms with Gasteiger partial charge in [0.05, 0.1) is 50.4 Å². The van der Waals surface area contributed by atoms with Gasteiger partial charge in [-0.15, -0.1) is 0 Å². The van der Waals surface area contributed by atoms with Crippen molar-refractivity contribution in [2.24, 2.45) is 0 Å². The topological polar surface area (TPSA) is 84.9 Å². The second kappa shape index (κ2) is 10.3. The van der Waals surface area contributed by atoms with Gasteiger partial charge in [-0.2, -0.15) is 0 Å². The number of hydrogen-bond acceptors (Lipinski definition) is 8. The summed E-state index contributed by atoms with van der Waals surface area (Å²) in [6.45, 7) is 11.3. The first kappa shape index (κ1) is 26.0. The number of allylic oxidation sites excluding steroid dienone is 1. The van der Waals surface area contributed by atoms with E-state index in [1.54, 1.807) is 11.8 Å². The Morgan fingerprint density at radius 2 is 1.65 bits per heavy atom. The van der Waals surface area contributed by atoms with Crippen LogP contribution in [0.15, 0.2) is 42.2 Å². The number of fused-ring (bicyclic) bond motifs is 2. The summed E-state index contributed by atoms with van der Waals surface area (Å²) in [5.41, 5.74) is 0.721. The first-order valence-electron chi connectivity index (χ1n) is 13.0. The van der Waals surface area contributed by atoms with Gasteiger partial charge in [0.15, 0.2) is 11.6 Å². The Kier molecular flexibility index (Phi) is 7.24. The van der Waals surface area contributed by atoms with Crippen molar-refractivity contribution in [3.63, 3.8) is 0 Å². The molecule has 37 heavy (non-hydrogen) atoms. The Morgan fingerprint density at radius 1 is 1.00 bits per heavy atom. The summed E-state index contributed by atoms with van der Waals surface area (Å²) < 4.78 is 41.2. The Bertz CT molecular complexity index is 1060. The zero-order valence-corrected chi connectivity index (χ0v) is 22.2. The van der Waals surface area contributed by atoms with Gasteiger partial charge in [0, 0.05) is 31.9 Å². The molecule has 1 aromatic carbocycles. The number of carbonyl (C=O) groups excluding carboxylic acids is 1. The van der Waals surface area contributed by atoms with Gasteiger partial charge >= 0.3 is 0 Å².